The third-order valence-electron chi connectivity index (χ3n) is 5.43. The van der Waals surface area contributed by atoms with Gasteiger partial charge in [0.15, 0.2) is 11.5 Å². The molecular formula is C23H27ClN2O4. The maximum atomic E-state index is 12.5. The molecule has 0 bridgehead atoms. The van der Waals surface area contributed by atoms with E-state index in [1.165, 1.54) is 0 Å². The van der Waals surface area contributed by atoms with Crippen LogP contribution in [-0.4, -0.2) is 50.6 Å². The zero-order chi connectivity index (χ0) is 21.5. The molecule has 1 aliphatic rings. The summed E-state index contributed by atoms with van der Waals surface area (Å²) >= 11 is 5.90. The van der Waals surface area contributed by atoms with Gasteiger partial charge in [0.1, 0.15) is 0 Å². The molecule has 6 nitrogen and oxygen atoms in total. The molecule has 0 spiro atoms. The van der Waals surface area contributed by atoms with E-state index >= 15 is 0 Å². The van der Waals surface area contributed by atoms with E-state index in [1.54, 1.807) is 44.6 Å². The Morgan fingerprint density at radius 3 is 2.33 bits per heavy atom. The molecule has 1 aliphatic heterocycles. The second-order valence-electron chi connectivity index (χ2n) is 7.41. The Hall–Kier alpha value is -2.73. The fourth-order valence-corrected chi connectivity index (χ4v) is 3.72. The number of carbonyl (C=O) groups excluding carboxylic acids is 2. The van der Waals surface area contributed by atoms with E-state index in [4.69, 9.17) is 21.1 Å². The van der Waals surface area contributed by atoms with Crippen LogP contribution in [0.3, 0.4) is 0 Å². The minimum atomic E-state index is -0.141. The van der Waals surface area contributed by atoms with Crippen LogP contribution in [0.2, 0.25) is 5.02 Å². The van der Waals surface area contributed by atoms with E-state index < -0.39 is 0 Å². The highest BCUT2D eigenvalue weighted by Crippen LogP contribution is 2.27. The maximum absolute atomic E-state index is 12.5. The largest absolute Gasteiger partial charge is 0.493 e. The first-order valence-electron chi connectivity index (χ1n) is 10.0. The molecule has 2 aromatic carbocycles. The highest BCUT2D eigenvalue weighted by Gasteiger charge is 2.23. The summed E-state index contributed by atoms with van der Waals surface area (Å²) in [5.74, 6) is 1.46. The lowest BCUT2D eigenvalue weighted by Crippen LogP contribution is -2.42. The van der Waals surface area contributed by atoms with Crippen LogP contribution in [-0.2, 0) is 11.2 Å². The molecule has 0 radical (unpaired) electrons. The fraction of sp³-hybridized carbons (Fsp3) is 0.391. The Morgan fingerprint density at radius 1 is 1.03 bits per heavy atom. The Balaban J connectivity index is 1.45. The molecule has 0 saturated carbocycles. The van der Waals surface area contributed by atoms with Gasteiger partial charge in [0, 0.05) is 30.2 Å². The molecule has 0 unspecified atom stereocenters. The summed E-state index contributed by atoms with van der Waals surface area (Å²) in [4.78, 5) is 26.9. The molecule has 7 heteroatoms. The number of benzene rings is 2. The smallest absolute Gasteiger partial charge is 0.251 e. The number of halogens is 1. The van der Waals surface area contributed by atoms with Gasteiger partial charge in [-0.2, -0.15) is 0 Å². The summed E-state index contributed by atoms with van der Waals surface area (Å²) in [6, 6.07) is 12.5. The quantitative estimate of drug-likeness (QED) is 0.729. The molecular weight excluding hydrogens is 404 g/mol. The zero-order valence-corrected chi connectivity index (χ0v) is 18.1. The minimum Gasteiger partial charge on any atom is -0.493 e. The molecule has 1 fully saturated rings. The first kappa shape index (κ1) is 22.0. The van der Waals surface area contributed by atoms with Crippen molar-refractivity contribution in [3.05, 3.63) is 58.6 Å². The van der Waals surface area contributed by atoms with Crippen molar-refractivity contribution in [2.24, 2.45) is 5.92 Å². The molecule has 1 heterocycles. The van der Waals surface area contributed by atoms with Crippen molar-refractivity contribution in [1.82, 2.24) is 10.2 Å². The van der Waals surface area contributed by atoms with E-state index in [-0.39, 0.29) is 11.8 Å². The average Bonchev–Trinajstić information content (AvgIpc) is 2.78. The van der Waals surface area contributed by atoms with E-state index in [1.807, 2.05) is 17.0 Å². The van der Waals surface area contributed by atoms with E-state index in [0.717, 1.165) is 18.4 Å². The van der Waals surface area contributed by atoms with Crippen molar-refractivity contribution >= 4 is 23.4 Å². The van der Waals surface area contributed by atoms with Crippen LogP contribution < -0.4 is 14.8 Å². The van der Waals surface area contributed by atoms with Gasteiger partial charge >= 0.3 is 0 Å². The van der Waals surface area contributed by atoms with Crippen LogP contribution in [0.1, 0.15) is 28.8 Å². The normalized spacial score (nSPS) is 14.3. The van der Waals surface area contributed by atoms with Crippen LogP contribution in [0.5, 0.6) is 11.5 Å². The monoisotopic (exact) mass is 430 g/mol. The first-order valence-corrected chi connectivity index (χ1v) is 10.4. The summed E-state index contributed by atoms with van der Waals surface area (Å²) in [5.41, 5.74) is 1.50. The van der Waals surface area contributed by atoms with Gasteiger partial charge in [-0.1, -0.05) is 23.7 Å². The number of rotatable bonds is 7. The highest BCUT2D eigenvalue weighted by molar-refractivity contribution is 6.30. The summed E-state index contributed by atoms with van der Waals surface area (Å²) in [6.07, 6.45) is 2.13. The Labute approximate surface area is 182 Å². The van der Waals surface area contributed by atoms with E-state index in [0.29, 0.717) is 54.1 Å². The number of nitrogens with zero attached hydrogens (tertiary/aromatic N) is 1. The predicted octanol–water partition coefficient (Wildman–Crippen LogP) is 3.57. The number of carbonyl (C=O) groups is 2. The van der Waals surface area contributed by atoms with Gasteiger partial charge in [0.05, 0.1) is 20.6 Å². The molecule has 3 rings (SSSR count). The lowest BCUT2D eigenvalue weighted by atomic mass is 9.96. The van der Waals surface area contributed by atoms with Crippen LogP contribution >= 0.6 is 11.6 Å². The Morgan fingerprint density at radius 2 is 1.70 bits per heavy atom. The lowest BCUT2D eigenvalue weighted by Gasteiger charge is -2.32. The van der Waals surface area contributed by atoms with E-state index in [9.17, 15) is 9.59 Å². The van der Waals surface area contributed by atoms with Crippen LogP contribution in [0, 0.1) is 5.92 Å². The lowest BCUT2D eigenvalue weighted by molar-refractivity contribution is -0.131. The molecule has 0 aromatic heterocycles. The van der Waals surface area contributed by atoms with Gasteiger partial charge in [0.25, 0.3) is 5.91 Å². The second-order valence-corrected chi connectivity index (χ2v) is 7.84. The first-order chi connectivity index (χ1) is 14.5. The van der Waals surface area contributed by atoms with Crippen LogP contribution in [0.4, 0.5) is 0 Å². The molecule has 160 valence electrons. The minimum absolute atomic E-state index is 0.130. The summed E-state index contributed by atoms with van der Waals surface area (Å²) in [6.45, 7) is 2.01. The van der Waals surface area contributed by atoms with Crippen LogP contribution in [0.15, 0.2) is 42.5 Å². The summed E-state index contributed by atoms with van der Waals surface area (Å²) in [5, 5.41) is 3.66. The van der Waals surface area contributed by atoms with Gasteiger partial charge in [0.2, 0.25) is 5.91 Å². The number of likely N-dealkylation sites (tertiary alicyclic amines) is 1. The summed E-state index contributed by atoms with van der Waals surface area (Å²) < 4.78 is 10.5. The van der Waals surface area contributed by atoms with Crippen LogP contribution in [0.25, 0.3) is 0 Å². The second kappa shape index (κ2) is 10.3. The topological polar surface area (TPSA) is 67.9 Å². The average molecular weight is 431 g/mol. The third-order valence-corrected chi connectivity index (χ3v) is 5.68. The number of methoxy groups -OCH3 is 2. The molecule has 1 N–H and O–H groups in total. The van der Waals surface area contributed by atoms with Crippen molar-refractivity contribution in [1.29, 1.82) is 0 Å². The van der Waals surface area contributed by atoms with Crippen molar-refractivity contribution < 1.29 is 19.1 Å². The third kappa shape index (κ3) is 5.66. The number of amides is 2. The number of hydrogen-bond donors (Lipinski definition) is 1. The molecule has 2 aromatic rings. The molecule has 0 atom stereocenters. The zero-order valence-electron chi connectivity index (χ0n) is 17.3. The fourth-order valence-electron chi connectivity index (χ4n) is 3.59. The highest BCUT2D eigenvalue weighted by atomic mass is 35.5. The Bertz CT molecular complexity index is 877. The molecule has 1 saturated heterocycles. The SMILES string of the molecule is COc1ccc(C(=O)NCC2CCN(C(=O)Cc3ccc(Cl)cc3)CC2)cc1OC. The van der Waals surface area contributed by atoms with Crippen molar-refractivity contribution in [3.63, 3.8) is 0 Å². The van der Waals surface area contributed by atoms with E-state index in [2.05, 4.69) is 5.32 Å². The van der Waals surface area contributed by atoms with Gasteiger partial charge in [-0.25, -0.2) is 0 Å². The van der Waals surface area contributed by atoms with Gasteiger partial charge in [-0.05, 0) is 54.7 Å². The number of piperidine rings is 1. The number of hydrogen-bond acceptors (Lipinski definition) is 4. The number of ether oxygens (including phenoxy) is 2. The standard InChI is InChI=1S/C23H27ClN2O4/c1-29-20-8-5-18(14-21(20)30-2)23(28)25-15-17-9-11-26(12-10-17)22(27)13-16-3-6-19(24)7-4-16/h3-8,14,17H,9-13,15H2,1-2H3,(H,25,28). The maximum Gasteiger partial charge on any atom is 0.251 e. The van der Waals surface area contributed by atoms with Gasteiger partial charge < -0.3 is 19.7 Å². The van der Waals surface area contributed by atoms with Gasteiger partial charge in [-0.3, -0.25) is 9.59 Å². The molecule has 0 aliphatic carbocycles. The Kier molecular flexibility index (Phi) is 7.57. The van der Waals surface area contributed by atoms with Crippen molar-refractivity contribution in [3.8, 4) is 11.5 Å². The molecule has 30 heavy (non-hydrogen) atoms. The predicted molar refractivity (Wildman–Crippen MR) is 116 cm³/mol. The number of nitrogens with one attached hydrogen (secondary N) is 1. The van der Waals surface area contributed by atoms with Gasteiger partial charge in [-0.15, -0.1) is 0 Å². The summed E-state index contributed by atoms with van der Waals surface area (Å²) in [7, 11) is 3.10. The van der Waals surface area contributed by atoms with Crippen molar-refractivity contribution in [2.45, 2.75) is 19.3 Å². The van der Waals surface area contributed by atoms with Crippen molar-refractivity contribution in [2.75, 3.05) is 33.9 Å². The molecule has 2 amide bonds.